The second-order valence-electron chi connectivity index (χ2n) is 6.81. The molecular weight excluding hydrogens is 397 g/mol. The summed E-state index contributed by atoms with van der Waals surface area (Å²) >= 11 is 5.91. The summed E-state index contributed by atoms with van der Waals surface area (Å²) in [7, 11) is 1.41. The second kappa shape index (κ2) is 7.85. The van der Waals surface area contributed by atoms with Gasteiger partial charge in [0.05, 0.1) is 38.1 Å². The molecule has 1 aliphatic rings. The molecule has 1 N–H and O–H groups in total. The summed E-state index contributed by atoms with van der Waals surface area (Å²) in [5, 5.41) is 3.28. The second-order valence-corrected chi connectivity index (χ2v) is 7.22. The van der Waals surface area contributed by atoms with E-state index in [0.717, 1.165) is 27.9 Å². The molecule has 0 saturated heterocycles. The van der Waals surface area contributed by atoms with Crippen LogP contribution in [0.25, 0.3) is 0 Å². The van der Waals surface area contributed by atoms with Crippen molar-refractivity contribution in [1.29, 1.82) is 0 Å². The zero-order valence-electron chi connectivity index (χ0n) is 16.0. The maximum absolute atomic E-state index is 13.5. The summed E-state index contributed by atoms with van der Waals surface area (Å²) < 4.78 is 25.9. The highest BCUT2D eigenvalue weighted by molar-refractivity contribution is 6.30. The van der Waals surface area contributed by atoms with Crippen molar-refractivity contribution in [3.05, 3.63) is 80.0 Å². The van der Waals surface area contributed by atoms with E-state index >= 15 is 0 Å². The smallest absolute Gasteiger partial charge is 0.316 e. The van der Waals surface area contributed by atoms with Gasteiger partial charge in [0.25, 0.3) is 0 Å². The van der Waals surface area contributed by atoms with Gasteiger partial charge in [0.2, 0.25) is 11.7 Å². The fourth-order valence-corrected chi connectivity index (χ4v) is 3.54. The van der Waals surface area contributed by atoms with Gasteiger partial charge in [-0.25, -0.2) is 4.39 Å². The Morgan fingerprint density at radius 1 is 1.31 bits per heavy atom. The minimum Gasteiger partial charge on any atom is -0.490 e. The number of hydrogen-bond donors (Lipinski definition) is 1. The number of anilines is 2. The number of nitrogens with one attached hydrogen (secondary N) is 1. The fourth-order valence-electron chi connectivity index (χ4n) is 3.34. The first-order valence-electron chi connectivity index (χ1n) is 9.02. The first-order chi connectivity index (χ1) is 14.0. The Kier molecular flexibility index (Phi) is 5.25. The summed E-state index contributed by atoms with van der Waals surface area (Å²) in [4.78, 5) is 16.4. The first-order valence-corrected chi connectivity index (χ1v) is 9.39. The van der Waals surface area contributed by atoms with E-state index in [2.05, 4.69) is 10.3 Å². The largest absolute Gasteiger partial charge is 0.490 e. The molecule has 0 spiro atoms. The highest BCUT2D eigenvalue weighted by Crippen LogP contribution is 2.30. The highest BCUT2D eigenvalue weighted by Gasteiger charge is 2.17. The number of rotatable bonds is 5. The van der Waals surface area contributed by atoms with E-state index in [1.165, 1.54) is 13.2 Å². The molecule has 0 fully saturated rings. The van der Waals surface area contributed by atoms with Crippen molar-refractivity contribution < 1.29 is 13.9 Å². The molecule has 0 amide bonds. The standard InChI is InChI=1S/C21H19ClFN3O3/c1-12-15-11-29-10-14(15)4-6-18(12)24-21-25-20(27)19(28-2)9-26(21)8-13-3-5-17(23)16(22)7-13/h3-7,9H,8,10-11H2,1-2H3,(H,24,25,27). The maximum Gasteiger partial charge on any atom is 0.316 e. The molecule has 6 nitrogen and oxygen atoms in total. The molecule has 0 saturated carbocycles. The van der Waals surface area contributed by atoms with Gasteiger partial charge in [0, 0.05) is 5.69 Å². The molecule has 2 heterocycles. The summed E-state index contributed by atoms with van der Waals surface area (Å²) in [6.07, 6.45) is 1.57. The lowest BCUT2D eigenvalue weighted by atomic mass is 10.0. The van der Waals surface area contributed by atoms with E-state index in [9.17, 15) is 9.18 Å². The molecule has 29 heavy (non-hydrogen) atoms. The van der Waals surface area contributed by atoms with Crippen molar-refractivity contribution in [2.45, 2.75) is 26.7 Å². The summed E-state index contributed by atoms with van der Waals surface area (Å²) in [5.74, 6) is -0.0265. The molecule has 1 aliphatic heterocycles. The lowest BCUT2D eigenvalue weighted by Crippen LogP contribution is -2.19. The van der Waals surface area contributed by atoms with Gasteiger partial charge in [-0.3, -0.25) is 4.79 Å². The monoisotopic (exact) mass is 415 g/mol. The highest BCUT2D eigenvalue weighted by atomic mass is 35.5. The summed E-state index contributed by atoms with van der Waals surface area (Å²) in [5.41, 5.74) is 4.45. The normalized spacial score (nSPS) is 12.7. The number of aromatic nitrogens is 2. The Hall–Kier alpha value is -2.90. The van der Waals surface area contributed by atoms with Gasteiger partial charge in [0.1, 0.15) is 5.82 Å². The third-order valence-corrected chi connectivity index (χ3v) is 5.26. The number of ether oxygens (including phenoxy) is 2. The number of hydrogen-bond acceptors (Lipinski definition) is 5. The average molecular weight is 416 g/mol. The molecule has 0 unspecified atom stereocenters. The van der Waals surface area contributed by atoms with E-state index < -0.39 is 11.4 Å². The van der Waals surface area contributed by atoms with Crippen LogP contribution in [0.1, 0.15) is 22.3 Å². The van der Waals surface area contributed by atoms with E-state index in [-0.39, 0.29) is 10.8 Å². The fraction of sp³-hybridized carbons (Fsp3) is 0.238. The molecule has 0 bridgehead atoms. The van der Waals surface area contributed by atoms with Crippen LogP contribution in [0.5, 0.6) is 5.75 Å². The average Bonchev–Trinajstić information content (AvgIpc) is 3.18. The number of fused-ring (bicyclic) bond motifs is 1. The number of nitrogens with zero attached hydrogens (tertiary/aromatic N) is 2. The van der Waals surface area contributed by atoms with Crippen molar-refractivity contribution in [2.75, 3.05) is 12.4 Å². The summed E-state index contributed by atoms with van der Waals surface area (Å²) in [6.45, 7) is 3.49. The van der Waals surface area contributed by atoms with Gasteiger partial charge >= 0.3 is 5.56 Å². The van der Waals surface area contributed by atoms with Crippen LogP contribution in [0.3, 0.4) is 0 Å². The van der Waals surface area contributed by atoms with Crippen molar-refractivity contribution in [1.82, 2.24) is 9.55 Å². The number of benzene rings is 2. The van der Waals surface area contributed by atoms with Gasteiger partial charge in [-0.2, -0.15) is 4.98 Å². The SMILES string of the molecule is COc1cn(Cc2ccc(F)c(Cl)c2)c(Nc2ccc3c(c2C)COC3)nc1=O. The lowest BCUT2D eigenvalue weighted by molar-refractivity contribution is 0.134. The molecule has 0 atom stereocenters. The van der Waals surface area contributed by atoms with Crippen LogP contribution in [0, 0.1) is 12.7 Å². The van der Waals surface area contributed by atoms with Crippen molar-refractivity contribution >= 4 is 23.2 Å². The zero-order chi connectivity index (χ0) is 20.5. The van der Waals surface area contributed by atoms with Crippen molar-refractivity contribution in [3.63, 3.8) is 0 Å². The quantitative estimate of drug-likeness (QED) is 0.677. The van der Waals surface area contributed by atoms with Crippen LogP contribution >= 0.6 is 11.6 Å². The molecule has 150 valence electrons. The van der Waals surface area contributed by atoms with Crippen LogP contribution < -0.4 is 15.6 Å². The van der Waals surface area contributed by atoms with Crippen molar-refractivity contribution in [3.8, 4) is 5.75 Å². The molecule has 2 aromatic carbocycles. The van der Waals surface area contributed by atoms with Crippen molar-refractivity contribution in [2.24, 2.45) is 0 Å². The van der Waals surface area contributed by atoms with Crippen LogP contribution in [-0.4, -0.2) is 16.7 Å². The Labute approximate surface area is 171 Å². The van der Waals surface area contributed by atoms with Gasteiger partial charge in [-0.15, -0.1) is 0 Å². The van der Waals surface area contributed by atoms with Gasteiger partial charge in [-0.1, -0.05) is 23.7 Å². The maximum atomic E-state index is 13.5. The number of halogens is 2. The zero-order valence-corrected chi connectivity index (χ0v) is 16.7. The molecule has 4 rings (SSSR count). The lowest BCUT2D eigenvalue weighted by Gasteiger charge is -2.17. The third-order valence-electron chi connectivity index (χ3n) is 4.97. The predicted molar refractivity (Wildman–Crippen MR) is 109 cm³/mol. The molecule has 0 radical (unpaired) electrons. The third kappa shape index (κ3) is 3.83. The Bertz CT molecular complexity index is 1150. The van der Waals surface area contributed by atoms with E-state index in [1.54, 1.807) is 22.9 Å². The van der Waals surface area contributed by atoms with Crippen LogP contribution in [0.4, 0.5) is 16.0 Å². The van der Waals surface area contributed by atoms with Crippen LogP contribution in [0.15, 0.2) is 41.3 Å². The van der Waals surface area contributed by atoms with Gasteiger partial charge < -0.3 is 19.4 Å². The molecular formula is C21H19ClFN3O3. The minimum absolute atomic E-state index is 0.0347. The Morgan fingerprint density at radius 2 is 2.14 bits per heavy atom. The van der Waals surface area contributed by atoms with E-state index in [0.29, 0.717) is 25.7 Å². The number of methoxy groups -OCH3 is 1. The topological polar surface area (TPSA) is 65.4 Å². The predicted octanol–water partition coefficient (Wildman–Crippen LogP) is 4.17. The van der Waals surface area contributed by atoms with Crippen LogP contribution in [-0.2, 0) is 24.5 Å². The van der Waals surface area contributed by atoms with Gasteiger partial charge in [0.15, 0.2) is 0 Å². The van der Waals surface area contributed by atoms with Gasteiger partial charge in [-0.05, 0) is 47.4 Å². The molecule has 1 aromatic heterocycles. The minimum atomic E-state index is -0.486. The summed E-state index contributed by atoms with van der Waals surface area (Å²) in [6, 6.07) is 8.43. The molecule has 3 aromatic rings. The van der Waals surface area contributed by atoms with E-state index in [4.69, 9.17) is 21.1 Å². The Balaban J connectivity index is 1.73. The van der Waals surface area contributed by atoms with Crippen LogP contribution in [0.2, 0.25) is 5.02 Å². The first kappa shape index (κ1) is 19.4. The van der Waals surface area contributed by atoms with E-state index in [1.807, 2.05) is 19.1 Å². The Morgan fingerprint density at radius 3 is 2.90 bits per heavy atom. The molecule has 0 aliphatic carbocycles. The molecule has 8 heteroatoms.